The van der Waals surface area contributed by atoms with Gasteiger partial charge in [-0.25, -0.2) is 9.97 Å². The fourth-order valence-electron chi connectivity index (χ4n) is 1.91. The highest BCUT2D eigenvalue weighted by Crippen LogP contribution is 2.34. The number of halogens is 3. The minimum Gasteiger partial charge on any atom is -0.370 e. The number of rotatable bonds is 5. The fourth-order valence-corrected chi connectivity index (χ4v) is 1.91. The lowest BCUT2D eigenvalue weighted by Crippen LogP contribution is -2.18. The van der Waals surface area contributed by atoms with Crippen molar-refractivity contribution in [3.8, 4) is 0 Å². The molecule has 2 rings (SSSR count). The van der Waals surface area contributed by atoms with Crippen molar-refractivity contribution in [3.05, 3.63) is 47.9 Å². The Hall–Kier alpha value is -2.64. The van der Waals surface area contributed by atoms with E-state index in [1.807, 2.05) is 13.8 Å². The summed E-state index contributed by atoms with van der Waals surface area (Å²) in [5, 5.41) is 5.28. The van der Waals surface area contributed by atoms with E-state index in [0.29, 0.717) is 18.3 Å². The molecule has 0 saturated heterocycles. The summed E-state index contributed by atoms with van der Waals surface area (Å²) >= 11 is 0. The van der Waals surface area contributed by atoms with Gasteiger partial charge in [-0.05, 0) is 18.1 Å². The molecular formula is C16H17F3N4O. The van der Waals surface area contributed by atoms with Crippen molar-refractivity contribution in [1.29, 1.82) is 0 Å². The Morgan fingerprint density at radius 3 is 2.58 bits per heavy atom. The maximum atomic E-state index is 13.0. The Kier molecular flexibility index (Phi) is 5.38. The zero-order valence-electron chi connectivity index (χ0n) is 13.2. The van der Waals surface area contributed by atoms with E-state index in [0.717, 1.165) is 6.07 Å². The summed E-state index contributed by atoms with van der Waals surface area (Å²) in [5.41, 5.74) is -1.25. The van der Waals surface area contributed by atoms with E-state index in [1.54, 1.807) is 0 Å². The number of nitrogens with zero attached hydrogens (tertiary/aromatic N) is 2. The number of carbonyl (C=O) groups is 1. The van der Waals surface area contributed by atoms with Crippen LogP contribution in [-0.2, 0) is 6.18 Å². The largest absolute Gasteiger partial charge is 0.418 e. The number of aromatic nitrogens is 2. The van der Waals surface area contributed by atoms with E-state index in [-0.39, 0.29) is 11.4 Å². The van der Waals surface area contributed by atoms with Gasteiger partial charge in [0.1, 0.15) is 17.8 Å². The average Bonchev–Trinajstić information content (AvgIpc) is 2.52. The lowest BCUT2D eigenvalue weighted by Gasteiger charge is -2.13. The van der Waals surface area contributed by atoms with Crippen molar-refractivity contribution in [2.45, 2.75) is 20.0 Å². The predicted molar refractivity (Wildman–Crippen MR) is 84.8 cm³/mol. The maximum Gasteiger partial charge on any atom is 0.418 e. The Balaban J connectivity index is 2.18. The van der Waals surface area contributed by atoms with Gasteiger partial charge in [0.2, 0.25) is 0 Å². The molecule has 2 N–H and O–H groups in total. The maximum absolute atomic E-state index is 13.0. The number of hydrogen-bond donors (Lipinski definition) is 2. The van der Waals surface area contributed by atoms with Gasteiger partial charge in [0.05, 0.1) is 11.3 Å². The molecule has 5 nitrogen and oxygen atoms in total. The second kappa shape index (κ2) is 7.29. The summed E-state index contributed by atoms with van der Waals surface area (Å²) < 4.78 is 38.9. The molecule has 1 amide bonds. The predicted octanol–water partition coefficient (Wildman–Crippen LogP) is 3.82. The van der Waals surface area contributed by atoms with E-state index in [9.17, 15) is 18.0 Å². The lowest BCUT2D eigenvalue weighted by molar-refractivity contribution is -0.136. The van der Waals surface area contributed by atoms with E-state index < -0.39 is 17.6 Å². The van der Waals surface area contributed by atoms with Crippen LogP contribution in [0.1, 0.15) is 29.9 Å². The third-order valence-corrected chi connectivity index (χ3v) is 3.07. The Morgan fingerprint density at radius 1 is 1.21 bits per heavy atom. The van der Waals surface area contributed by atoms with Crippen LogP contribution in [0.25, 0.3) is 0 Å². The molecule has 1 aromatic carbocycles. The fraction of sp³-hybridized carbons (Fsp3) is 0.312. The van der Waals surface area contributed by atoms with Crippen molar-refractivity contribution in [2.24, 2.45) is 5.92 Å². The van der Waals surface area contributed by atoms with Crippen molar-refractivity contribution in [2.75, 3.05) is 17.2 Å². The summed E-state index contributed by atoms with van der Waals surface area (Å²) in [6, 6.07) is 6.18. The molecular weight excluding hydrogens is 321 g/mol. The number of carbonyl (C=O) groups excluding carboxylic acids is 1. The molecule has 0 unspecified atom stereocenters. The minimum atomic E-state index is -4.56. The number of anilines is 2. The third kappa shape index (κ3) is 4.68. The highest BCUT2D eigenvalue weighted by atomic mass is 19.4. The molecule has 0 aliphatic heterocycles. The van der Waals surface area contributed by atoms with E-state index in [2.05, 4.69) is 20.6 Å². The molecule has 2 aromatic rings. The van der Waals surface area contributed by atoms with Crippen LogP contribution in [0.15, 0.2) is 36.7 Å². The first-order valence-electron chi connectivity index (χ1n) is 7.31. The van der Waals surface area contributed by atoms with Crippen LogP contribution < -0.4 is 10.6 Å². The summed E-state index contributed by atoms with van der Waals surface area (Å²) in [7, 11) is 0. The van der Waals surface area contributed by atoms with Crippen LogP contribution in [0.4, 0.5) is 24.7 Å². The molecule has 0 fully saturated rings. The second-order valence-electron chi connectivity index (χ2n) is 5.56. The summed E-state index contributed by atoms with van der Waals surface area (Å²) in [6.07, 6.45) is -3.37. The van der Waals surface area contributed by atoms with Crippen LogP contribution in [0.2, 0.25) is 0 Å². The van der Waals surface area contributed by atoms with Gasteiger partial charge in [0.15, 0.2) is 0 Å². The SMILES string of the molecule is CC(C)CNc1cc(C(=O)Nc2ccccc2C(F)(F)F)ncn1. The zero-order valence-corrected chi connectivity index (χ0v) is 13.2. The van der Waals surface area contributed by atoms with Crippen molar-refractivity contribution in [3.63, 3.8) is 0 Å². The molecule has 0 saturated carbocycles. The highest BCUT2D eigenvalue weighted by Gasteiger charge is 2.33. The number of benzene rings is 1. The molecule has 24 heavy (non-hydrogen) atoms. The van der Waals surface area contributed by atoms with Crippen molar-refractivity contribution in [1.82, 2.24) is 9.97 Å². The number of hydrogen-bond acceptors (Lipinski definition) is 4. The van der Waals surface area contributed by atoms with Gasteiger partial charge in [0.25, 0.3) is 5.91 Å². The molecule has 0 radical (unpaired) electrons. The highest BCUT2D eigenvalue weighted by molar-refractivity contribution is 6.03. The minimum absolute atomic E-state index is 0.0202. The van der Waals surface area contributed by atoms with Gasteiger partial charge in [-0.15, -0.1) is 0 Å². The van der Waals surface area contributed by atoms with E-state index in [4.69, 9.17) is 0 Å². The number of para-hydroxylation sites is 1. The van der Waals surface area contributed by atoms with Gasteiger partial charge in [-0.3, -0.25) is 4.79 Å². The normalized spacial score (nSPS) is 11.4. The first-order valence-corrected chi connectivity index (χ1v) is 7.31. The van der Waals surface area contributed by atoms with Gasteiger partial charge in [-0.2, -0.15) is 13.2 Å². The Bertz CT molecular complexity index is 716. The summed E-state index contributed by atoms with van der Waals surface area (Å²) in [6.45, 7) is 4.67. The van der Waals surface area contributed by atoms with Crippen molar-refractivity contribution >= 4 is 17.4 Å². The monoisotopic (exact) mass is 338 g/mol. The van der Waals surface area contributed by atoms with E-state index >= 15 is 0 Å². The van der Waals surface area contributed by atoms with Crippen LogP contribution in [0.5, 0.6) is 0 Å². The summed E-state index contributed by atoms with van der Waals surface area (Å²) in [5.74, 6) is 0.0746. The molecule has 0 atom stereocenters. The van der Waals surface area contributed by atoms with Gasteiger partial charge in [-0.1, -0.05) is 26.0 Å². The summed E-state index contributed by atoms with van der Waals surface area (Å²) in [4.78, 5) is 20.0. The molecule has 0 spiro atoms. The number of amides is 1. The first-order chi connectivity index (χ1) is 11.3. The molecule has 0 aliphatic rings. The number of alkyl halides is 3. The van der Waals surface area contributed by atoms with Gasteiger partial charge < -0.3 is 10.6 Å². The quantitative estimate of drug-likeness (QED) is 0.870. The molecule has 8 heteroatoms. The smallest absolute Gasteiger partial charge is 0.370 e. The second-order valence-corrected chi connectivity index (χ2v) is 5.56. The van der Waals surface area contributed by atoms with Crippen LogP contribution in [0, 0.1) is 5.92 Å². The molecule has 128 valence electrons. The topological polar surface area (TPSA) is 66.9 Å². The van der Waals surface area contributed by atoms with Gasteiger partial charge >= 0.3 is 6.18 Å². The van der Waals surface area contributed by atoms with Gasteiger partial charge in [0, 0.05) is 12.6 Å². The van der Waals surface area contributed by atoms with Crippen LogP contribution in [-0.4, -0.2) is 22.4 Å². The van der Waals surface area contributed by atoms with E-state index in [1.165, 1.54) is 30.6 Å². The third-order valence-electron chi connectivity index (χ3n) is 3.07. The average molecular weight is 338 g/mol. The lowest BCUT2D eigenvalue weighted by atomic mass is 10.1. The molecule has 1 heterocycles. The number of nitrogens with one attached hydrogen (secondary N) is 2. The molecule has 0 aliphatic carbocycles. The Labute approximate surface area is 137 Å². The standard InChI is InChI=1S/C16H17F3N4O/c1-10(2)8-20-14-7-13(21-9-22-14)15(24)23-12-6-4-3-5-11(12)16(17,18)19/h3-7,9-10H,8H2,1-2H3,(H,23,24)(H,20,21,22). The van der Waals surface area contributed by atoms with Crippen LogP contribution in [0.3, 0.4) is 0 Å². The Morgan fingerprint density at radius 2 is 1.92 bits per heavy atom. The van der Waals surface area contributed by atoms with Crippen molar-refractivity contribution < 1.29 is 18.0 Å². The zero-order chi connectivity index (χ0) is 17.7. The molecule has 0 bridgehead atoms. The molecule has 1 aromatic heterocycles. The first kappa shape index (κ1) is 17.7. The van der Waals surface area contributed by atoms with Crippen LogP contribution >= 0.6 is 0 Å².